The summed E-state index contributed by atoms with van der Waals surface area (Å²) in [6.45, 7) is 2.91. The van der Waals surface area contributed by atoms with Crippen molar-refractivity contribution in [2.45, 2.75) is 38.3 Å². The summed E-state index contributed by atoms with van der Waals surface area (Å²) >= 11 is 0. The van der Waals surface area contributed by atoms with Gasteiger partial charge in [-0.25, -0.2) is 4.98 Å². The van der Waals surface area contributed by atoms with Crippen molar-refractivity contribution in [1.82, 2.24) is 14.9 Å². The SMILES string of the molecule is CNC(C)(C#N)CCCCn1ccnc1. The van der Waals surface area contributed by atoms with Gasteiger partial charge in [-0.3, -0.25) is 0 Å². The van der Waals surface area contributed by atoms with E-state index < -0.39 is 0 Å². The van der Waals surface area contributed by atoms with E-state index >= 15 is 0 Å². The fourth-order valence-electron chi connectivity index (χ4n) is 1.43. The number of hydrogen-bond acceptors (Lipinski definition) is 3. The topological polar surface area (TPSA) is 53.6 Å². The molecule has 1 aromatic rings. The predicted molar refractivity (Wildman–Crippen MR) is 59.2 cm³/mol. The van der Waals surface area contributed by atoms with Crippen molar-refractivity contribution in [1.29, 1.82) is 5.26 Å². The maximum Gasteiger partial charge on any atom is 0.103 e. The minimum atomic E-state index is -0.380. The van der Waals surface area contributed by atoms with E-state index in [0.29, 0.717) is 0 Å². The summed E-state index contributed by atoms with van der Waals surface area (Å²) in [7, 11) is 1.83. The second-order valence-corrected chi connectivity index (χ2v) is 3.95. The van der Waals surface area contributed by atoms with Gasteiger partial charge in [0.15, 0.2) is 0 Å². The molecule has 4 nitrogen and oxygen atoms in total. The molecule has 0 aliphatic rings. The maximum atomic E-state index is 8.94. The first-order valence-corrected chi connectivity index (χ1v) is 5.26. The largest absolute Gasteiger partial charge is 0.337 e. The Bertz CT molecular complexity index is 312. The Balaban J connectivity index is 2.20. The van der Waals surface area contributed by atoms with Crippen LogP contribution in [0.3, 0.4) is 0 Å². The molecule has 4 heteroatoms. The molecule has 1 atom stereocenters. The van der Waals surface area contributed by atoms with Gasteiger partial charge in [0.1, 0.15) is 5.54 Å². The molecule has 82 valence electrons. The van der Waals surface area contributed by atoms with Crippen molar-refractivity contribution in [2.75, 3.05) is 7.05 Å². The smallest absolute Gasteiger partial charge is 0.103 e. The van der Waals surface area contributed by atoms with Gasteiger partial charge in [0.25, 0.3) is 0 Å². The summed E-state index contributed by atoms with van der Waals surface area (Å²) in [5.74, 6) is 0. The van der Waals surface area contributed by atoms with Crippen LogP contribution in [0.25, 0.3) is 0 Å². The fourth-order valence-corrected chi connectivity index (χ4v) is 1.43. The molecule has 0 aliphatic heterocycles. The molecule has 1 aromatic heterocycles. The second-order valence-electron chi connectivity index (χ2n) is 3.95. The van der Waals surface area contributed by atoms with Crippen molar-refractivity contribution < 1.29 is 0 Å². The Morgan fingerprint density at radius 2 is 2.33 bits per heavy atom. The lowest BCUT2D eigenvalue weighted by molar-refractivity contribution is 0.424. The minimum absolute atomic E-state index is 0.380. The highest BCUT2D eigenvalue weighted by Crippen LogP contribution is 2.12. The average molecular weight is 206 g/mol. The first kappa shape index (κ1) is 11.7. The van der Waals surface area contributed by atoms with Gasteiger partial charge in [-0.1, -0.05) is 0 Å². The van der Waals surface area contributed by atoms with Crippen molar-refractivity contribution in [3.05, 3.63) is 18.7 Å². The first-order chi connectivity index (χ1) is 7.20. The second kappa shape index (κ2) is 5.52. The van der Waals surface area contributed by atoms with Gasteiger partial charge in [0.05, 0.1) is 12.4 Å². The highest BCUT2D eigenvalue weighted by Gasteiger charge is 2.19. The molecule has 0 bridgehead atoms. The summed E-state index contributed by atoms with van der Waals surface area (Å²) in [5, 5.41) is 12.0. The molecule has 0 aromatic carbocycles. The molecule has 0 aliphatic carbocycles. The van der Waals surface area contributed by atoms with Crippen LogP contribution >= 0.6 is 0 Å². The van der Waals surface area contributed by atoms with Gasteiger partial charge in [-0.2, -0.15) is 5.26 Å². The van der Waals surface area contributed by atoms with Crippen LogP contribution in [0.4, 0.5) is 0 Å². The zero-order chi connectivity index (χ0) is 11.1. The van der Waals surface area contributed by atoms with E-state index in [1.54, 1.807) is 6.20 Å². The third kappa shape index (κ3) is 3.72. The number of unbranched alkanes of at least 4 members (excludes halogenated alkanes) is 1. The fraction of sp³-hybridized carbons (Fsp3) is 0.636. The quantitative estimate of drug-likeness (QED) is 0.718. The molecule has 1 N–H and O–H groups in total. The van der Waals surface area contributed by atoms with Crippen LogP contribution in [0.1, 0.15) is 26.2 Å². The van der Waals surface area contributed by atoms with E-state index in [1.165, 1.54) is 0 Å². The van der Waals surface area contributed by atoms with E-state index in [0.717, 1.165) is 25.8 Å². The molecule has 0 amide bonds. The van der Waals surface area contributed by atoms with Crippen LogP contribution in [-0.4, -0.2) is 22.1 Å². The number of aryl methyl sites for hydroxylation is 1. The summed E-state index contributed by atoms with van der Waals surface area (Å²) in [4.78, 5) is 3.98. The normalized spacial score (nSPS) is 14.5. The molecule has 15 heavy (non-hydrogen) atoms. The Hall–Kier alpha value is -1.34. The lowest BCUT2D eigenvalue weighted by Gasteiger charge is -2.20. The number of nitriles is 1. The van der Waals surface area contributed by atoms with E-state index in [2.05, 4.69) is 20.9 Å². The first-order valence-electron chi connectivity index (χ1n) is 5.26. The zero-order valence-corrected chi connectivity index (χ0v) is 9.40. The lowest BCUT2D eigenvalue weighted by Crippen LogP contribution is -2.37. The molecule has 1 unspecified atom stereocenters. The van der Waals surface area contributed by atoms with Crippen LogP contribution in [-0.2, 0) is 6.54 Å². The van der Waals surface area contributed by atoms with Crippen LogP contribution in [0, 0.1) is 11.3 Å². The summed E-state index contributed by atoms with van der Waals surface area (Å²) in [6, 6.07) is 2.29. The monoisotopic (exact) mass is 206 g/mol. The summed E-state index contributed by atoms with van der Waals surface area (Å²) in [6.07, 6.45) is 8.57. The third-order valence-electron chi connectivity index (χ3n) is 2.70. The molecule has 1 rings (SSSR count). The van der Waals surface area contributed by atoms with Crippen molar-refractivity contribution in [2.24, 2.45) is 0 Å². The number of rotatable bonds is 6. The number of aromatic nitrogens is 2. The van der Waals surface area contributed by atoms with Gasteiger partial charge >= 0.3 is 0 Å². The number of imidazole rings is 1. The van der Waals surface area contributed by atoms with E-state index in [4.69, 9.17) is 5.26 Å². The Labute approximate surface area is 90.9 Å². The molecule has 1 heterocycles. The highest BCUT2D eigenvalue weighted by atomic mass is 15.0. The number of nitrogens with zero attached hydrogens (tertiary/aromatic N) is 3. The van der Waals surface area contributed by atoms with Crippen LogP contribution in [0.2, 0.25) is 0 Å². The highest BCUT2D eigenvalue weighted by molar-refractivity contribution is 5.02. The van der Waals surface area contributed by atoms with Crippen molar-refractivity contribution >= 4 is 0 Å². The molecule has 0 radical (unpaired) electrons. The minimum Gasteiger partial charge on any atom is -0.337 e. The van der Waals surface area contributed by atoms with Gasteiger partial charge in [0, 0.05) is 18.9 Å². The molecule has 0 saturated heterocycles. The third-order valence-corrected chi connectivity index (χ3v) is 2.70. The average Bonchev–Trinajstić information content (AvgIpc) is 2.77. The van der Waals surface area contributed by atoms with E-state index in [1.807, 2.05) is 26.5 Å². The van der Waals surface area contributed by atoms with Crippen molar-refractivity contribution in [3.8, 4) is 6.07 Å². The summed E-state index contributed by atoms with van der Waals surface area (Å²) < 4.78 is 2.06. The molecular weight excluding hydrogens is 188 g/mol. The molecule has 0 saturated carbocycles. The van der Waals surface area contributed by atoms with Gasteiger partial charge in [-0.15, -0.1) is 0 Å². The zero-order valence-electron chi connectivity index (χ0n) is 9.40. The Kier molecular flexibility index (Phi) is 4.32. The predicted octanol–water partition coefficient (Wildman–Crippen LogP) is 1.56. The molecule has 0 spiro atoms. The maximum absolute atomic E-state index is 8.94. The number of hydrogen-bond donors (Lipinski definition) is 1. The van der Waals surface area contributed by atoms with Gasteiger partial charge in [-0.05, 0) is 33.2 Å². The van der Waals surface area contributed by atoms with E-state index in [9.17, 15) is 0 Å². The van der Waals surface area contributed by atoms with Crippen LogP contribution in [0.5, 0.6) is 0 Å². The van der Waals surface area contributed by atoms with E-state index in [-0.39, 0.29) is 5.54 Å². The van der Waals surface area contributed by atoms with Crippen LogP contribution in [0.15, 0.2) is 18.7 Å². The van der Waals surface area contributed by atoms with Gasteiger partial charge < -0.3 is 9.88 Å². The number of nitrogens with one attached hydrogen (secondary N) is 1. The molecule has 0 fully saturated rings. The summed E-state index contributed by atoms with van der Waals surface area (Å²) in [5.41, 5.74) is -0.380. The van der Waals surface area contributed by atoms with Crippen molar-refractivity contribution in [3.63, 3.8) is 0 Å². The Morgan fingerprint density at radius 1 is 1.53 bits per heavy atom. The lowest BCUT2D eigenvalue weighted by atomic mass is 9.97. The molecular formula is C11H18N4. The standard InChI is InChI=1S/C11H18N4/c1-11(9-12,13-2)5-3-4-7-15-8-6-14-10-15/h6,8,10,13H,3-5,7H2,1-2H3. The van der Waals surface area contributed by atoms with Gasteiger partial charge in [0.2, 0.25) is 0 Å². The van der Waals surface area contributed by atoms with Crippen LogP contribution < -0.4 is 5.32 Å². The Morgan fingerprint density at radius 3 is 2.87 bits per heavy atom.